The summed E-state index contributed by atoms with van der Waals surface area (Å²) in [5, 5.41) is 11.6. The fraction of sp³-hybridized carbons (Fsp3) is 0.529. The summed E-state index contributed by atoms with van der Waals surface area (Å²) in [5.74, 6) is 0.252. The number of hydrogen-bond acceptors (Lipinski definition) is 5. The van der Waals surface area contributed by atoms with Crippen LogP contribution in [0.15, 0.2) is 35.5 Å². The van der Waals surface area contributed by atoms with Gasteiger partial charge < -0.3 is 4.90 Å². The summed E-state index contributed by atoms with van der Waals surface area (Å²) in [7, 11) is 0. The lowest BCUT2D eigenvalue weighted by atomic mass is 10.1. The van der Waals surface area contributed by atoms with Crippen molar-refractivity contribution < 1.29 is 4.79 Å². The van der Waals surface area contributed by atoms with E-state index in [9.17, 15) is 4.79 Å². The van der Waals surface area contributed by atoms with Gasteiger partial charge in [0.05, 0.1) is 0 Å². The maximum atomic E-state index is 12.3. The van der Waals surface area contributed by atoms with Crippen LogP contribution in [-0.4, -0.2) is 49.4 Å². The number of aryl methyl sites for hydroxylation is 2. The molecular formula is C17H23N5OS. The second kappa shape index (κ2) is 8.28. The number of carbonyl (C=O) groups is 1. The number of nitrogens with zero attached hydrogens (tertiary/aromatic N) is 5. The molecule has 1 aliphatic heterocycles. The van der Waals surface area contributed by atoms with Crippen LogP contribution in [0.5, 0.6) is 0 Å². The molecule has 0 N–H and O–H groups in total. The van der Waals surface area contributed by atoms with Gasteiger partial charge in [-0.15, -0.1) is 16.9 Å². The van der Waals surface area contributed by atoms with Crippen LogP contribution >= 0.6 is 11.8 Å². The first-order valence-electron chi connectivity index (χ1n) is 8.42. The molecule has 24 heavy (non-hydrogen) atoms. The fourth-order valence-corrected chi connectivity index (χ4v) is 4.18. The SMILES string of the molecule is Cc1cccc(SC2CCN(C(=O)CCCn3cnnn3)CC2)c1. The van der Waals surface area contributed by atoms with Gasteiger partial charge in [0.15, 0.2) is 0 Å². The van der Waals surface area contributed by atoms with Crippen molar-refractivity contribution in [2.45, 2.75) is 49.3 Å². The van der Waals surface area contributed by atoms with Gasteiger partial charge in [0, 0.05) is 36.2 Å². The van der Waals surface area contributed by atoms with Crippen molar-refractivity contribution in [2.75, 3.05) is 13.1 Å². The summed E-state index contributed by atoms with van der Waals surface area (Å²) in [6.07, 6.45) is 5.06. The summed E-state index contributed by atoms with van der Waals surface area (Å²) in [5.41, 5.74) is 1.30. The number of likely N-dealkylation sites (tertiary alicyclic amines) is 1. The minimum absolute atomic E-state index is 0.252. The van der Waals surface area contributed by atoms with Crippen LogP contribution in [0.2, 0.25) is 0 Å². The predicted molar refractivity (Wildman–Crippen MR) is 93.7 cm³/mol. The zero-order valence-electron chi connectivity index (χ0n) is 14.0. The Morgan fingerprint density at radius 3 is 2.88 bits per heavy atom. The number of amides is 1. The van der Waals surface area contributed by atoms with Crippen molar-refractivity contribution in [3.8, 4) is 0 Å². The zero-order chi connectivity index (χ0) is 16.8. The van der Waals surface area contributed by atoms with Crippen molar-refractivity contribution >= 4 is 17.7 Å². The third-order valence-corrected chi connectivity index (χ3v) is 5.59. The van der Waals surface area contributed by atoms with Crippen LogP contribution in [0.1, 0.15) is 31.2 Å². The molecule has 0 radical (unpaired) electrons. The molecular weight excluding hydrogens is 322 g/mol. The highest BCUT2D eigenvalue weighted by Crippen LogP contribution is 2.30. The van der Waals surface area contributed by atoms with Gasteiger partial charge in [-0.25, -0.2) is 4.68 Å². The third kappa shape index (κ3) is 4.80. The van der Waals surface area contributed by atoms with E-state index in [4.69, 9.17) is 0 Å². The Kier molecular flexibility index (Phi) is 5.85. The van der Waals surface area contributed by atoms with Gasteiger partial charge in [-0.1, -0.05) is 17.7 Å². The highest BCUT2D eigenvalue weighted by atomic mass is 32.2. The van der Waals surface area contributed by atoms with Crippen molar-refractivity contribution in [1.82, 2.24) is 25.1 Å². The number of carbonyl (C=O) groups excluding carboxylic acids is 1. The van der Waals surface area contributed by atoms with E-state index in [0.29, 0.717) is 18.2 Å². The van der Waals surface area contributed by atoms with Gasteiger partial charge in [-0.3, -0.25) is 4.79 Å². The lowest BCUT2D eigenvalue weighted by Gasteiger charge is -2.31. The molecule has 1 saturated heterocycles. The Morgan fingerprint density at radius 2 is 2.17 bits per heavy atom. The predicted octanol–water partition coefficient (Wildman–Crippen LogP) is 2.55. The zero-order valence-corrected chi connectivity index (χ0v) is 14.8. The Balaban J connectivity index is 1.38. The van der Waals surface area contributed by atoms with Crippen LogP contribution in [-0.2, 0) is 11.3 Å². The van der Waals surface area contributed by atoms with E-state index in [1.165, 1.54) is 10.5 Å². The smallest absolute Gasteiger partial charge is 0.222 e. The second-order valence-corrected chi connectivity index (χ2v) is 7.56. The summed E-state index contributed by atoms with van der Waals surface area (Å²) < 4.78 is 1.66. The lowest BCUT2D eigenvalue weighted by molar-refractivity contribution is -0.132. The molecule has 0 spiro atoms. The number of tetrazole rings is 1. The maximum absolute atomic E-state index is 12.3. The molecule has 6 nitrogen and oxygen atoms in total. The molecule has 0 atom stereocenters. The quantitative estimate of drug-likeness (QED) is 0.805. The number of hydrogen-bond donors (Lipinski definition) is 0. The molecule has 1 aromatic heterocycles. The number of aromatic nitrogens is 4. The fourth-order valence-electron chi connectivity index (χ4n) is 2.94. The minimum Gasteiger partial charge on any atom is -0.343 e. The molecule has 2 aromatic rings. The van der Waals surface area contributed by atoms with Crippen molar-refractivity contribution in [3.05, 3.63) is 36.2 Å². The number of benzene rings is 1. The number of piperidine rings is 1. The average Bonchev–Trinajstić information content (AvgIpc) is 3.09. The molecule has 3 rings (SSSR count). The molecule has 0 aliphatic carbocycles. The third-order valence-electron chi connectivity index (χ3n) is 4.26. The van der Waals surface area contributed by atoms with Crippen LogP contribution in [0, 0.1) is 6.92 Å². The molecule has 2 heterocycles. The lowest BCUT2D eigenvalue weighted by Crippen LogP contribution is -2.39. The molecule has 128 valence electrons. The van der Waals surface area contributed by atoms with E-state index in [1.807, 2.05) is 16.7 Å². The first-order chi connectivity index (χ1) is 11.7. The van der Waals surface area contributed by atoms with Gasteiger partial charge in [0.1, 0.15) is 6.33 Å². The summed E-state index contributed by atoms with van der Waals surface area (Å²) in [6, 6.07) is 8.65. The second-order valence-electron chi connectivity index (χ2n) is 6.19. The van der Waals surface area contributed by atoms with E-state index >= 15 is 0 Å². The summed E-state index contributed by atoms with van der Waals surface area (Å²) >= 11 is 1.95. The van der Waals surface area contributed by atoms with Crippen molar-refractivity contribution in [3.63, 3.8) is 0 Å². The molecule has 0 unspecified atom stereocenters. The largest absolute Gasteiger partial charge is 0.343 e. The van der Waals surface area contributed by atoms with Crippen LogP contribution in [0.4, 0.5) is 0 Å². The standard InChI is InChI=1S/C17H23N5OS/c1-14-4-2-5-16(12-14)24-15-7-10-21(11-8-15)17(23)6-3-9-22-13-18-19-20-22/h2,4-5,12-13,15H,3,6-11H2,1H3. The topological polar surface area (TPSA) is 63.9 Å². The van der Waals surface area contributed by atoms with Gasteiger partial charge in [-0.2, -0.15) is 0 Å². The summed E-state index contributed by atoms with van der Waals surface area (Å²) in [4.78, 5) is 15.6. The Labute approximate surface area is 146 Å². The molecule has 0 bridgehead atoms. The molecule has 1 fully saturated rings. The molecule has 1 aliphatic rings. The first-order valence-corrected chi connectivity index (χ1v) is 9.30. The number of thioether (sulfide) groups is 1. The van der Waals surface area contributed by atoms with E-state index < -0.39 is 0 Å². The van der Waals surface area contributed by atoms with Crippen LogP contribution < -0.4 is 0 Å². The maximum Gasteiger partial charge on any atom is 0.222 e. The Morgan fingerprint density at radius 1 is 1.33 bits per heavy atom. The monoisotopic (exact) mass is 345 g/mol. The van der Waals surface area contributed by atoms with Gasteiger partial charge in [0.2, 0.25) is 5.91 Å². The highest BCUT2D eigenvalue weighted by molar-refractivity contribution is 8.00. The van der Waals surface area contributed by atoms with E-state index in [-0.39, 0.29) is 5.91 Å². The Bertz CT molecular complexity index is 653. The van der Waals surface area contributed by atoms with Crippen LogP contribution in [0.3, 0.4) is 0 Å². The van der Waals surface area contributed by atoms with Gasteiger partial charge >= 0.3 is 0 Å². The minimum atomic E-state index is 0.252. The van der Waals surface area contributed by atoms with E-state index in [0.717, 1.165) is 32.4 Å². The van der Waals surface area contributed by atoms with E-state index in [1.54, 1.807) is 11.0 Å². The molecule has 1 amide bonds. The highest BCUT2D eigenvalue weighted by Gasteiger charge is 2.23. The Hall–Kier alpha value is -1.89. The van der Waals surface area contributed by atoms with Crippen molar-refractivity contribution in [2.24, 2.45) is 0 Å². The average molecular weight is 345 g/mol. The summed E-state index contributed by atoms with van der Waals surface area (Å²) in [6.45, 7) is 4.56. The van der Waals surface area contributed by atoms with E-state index in [2.05, 4.69) is 46.7 Å². The van der Waals surface area contributed by atoms with Crippen LogP contribution in [0.25, 0.3) is 0 Å². The first kappa shape index (κ1) is 17.0. The van der Waals surface area contributed by atoms with Gasteiger partial charge in [-0.05, 0) is 48.7 Å². The molecule has 0 saturated carbocycles. The molecule has 7 heteroatoms. The molecule has 1 aromatic carbocycles. The van der Waals surface area contributed by atoms with Gasteiger partial charge in [0.25, 0.3) is 0 Å². The normalized spacial score (nSPS) is 15.6. The number of rotatable bonds is 6. The van der Waals surface area contributed by atoms with Crippen molar-refractivity contribution in [1.29, 1.82) is 0 Å².